The number of hydrogen-bond acceptors (Lipinski definition) is 3. The molecule has 1 aromatic rings. The van der Waals surface area contributed by atoms with Gasteiger partial charge in [-0.3, -0.25) is 0 Å². The van der Waals surface area contributed by atoms with E-state index in [9.17, 15) is 0 Å². The maximum absolute atomic E-state index is 4.88. The van der Waals surface area contributed by atoms with Crippen molar-refractivity contribution in [1.29, 1.82) is 0 Å². The van der Waals surface area contributed by atoms with Crippen molar-refractivity contribution in [2.45, 2.75) is 65.8 Å². The van der Waals surface area contributed by atoms with Crippen LogP contribution in [0.3, 0.4) is 0 Å². The highest BCUT2D eigenvalue weighted by atomic mass is 32.1. The van der Waals surface area contributed by atoms with Gasteiger partial charge in [0.05, 0.1) is 10.7 Å². The minimum Gasteiger partial charge on any atom is -0.312 e. The fourth-order valence-corrected chi connectivity index (χ4v) is 3.08. The van der Waals surface area contributed by atoms with E-state index in [0.717, 1.165) is 19.5 Å². The molecule has 0 aliphatic heterocycles. The molecule has 0 radical (unpaired) electrons. The van der Waals surface area contributed by atoms with Gasteiger partial charge in [-0.1, -0.05) is 41.5 Å². The summed E-state index contributed by atoms with van der Waals surface area (Å²) in [5.41, 5.74) is 1.42. The fraction of sp³-hybridized carbons (Fsp3) is 0.786. The lowest BCUT2D eigenvalue weighted by Gasteiger charge is -2.17. The van der Waals surface area contributed by atoms with E-state index in [1.54, 1.807) is 0 Å². The van der Waals surface area contributed by atoms with Crippen molar-refractivity contribution in [2.24, 2.45) is 0 Å². The molecule has 0 amide bonds. The molecule has 1 N–H and O–H groups in total. The molecule has 0 spiro atoms. The molecule has 1 unspecified atom stereocenters. The van der Waals surface area contributed by atoms with Crippen molar-refractivity contribution in [2.75, 3.05) is 6.54 Å². The van der Waals surface area contributed by atoms with Gasteiger partial charge in [0.1, 0.15) is 0 Å². The first-order valence-electron chi connectivity index (χ1n) is 6.60. The van der Waals surface area contributed by atoms with E-state index < -0.39 is 0 Å². The minimum absolute atomic E-state index is 0.146. The summed E-state index contributed by atoms with van der Waals surface area (Å²) in [6, 6.07) is 0. The molecule has 0 aromatic carbocycles. The van der Waals surface area contributed by atoms with Gasteiger partial charge >= 0.3 is 0 Å². The van der Waals surface area contributed by atoms with Crippen LogP contribution in [0.2, 0.25) is 0 Å². The van der Waals surface area contributed by atoms with Gasteiger partial charge in [0.25, 0.3) is 0 Å². The Bertz CT molecular complexity index is 350. The summed E-state index contributed by atoms with van der Waals surface area (Å²) < 4.78 is 0. The average Bonchev–Trinajstić information content (AvgIpc) is 2.69. The summed E-state index contributed by atoms with van der Waals surface area (Å²) >= 11 is 1.89. The zero-order valence-electron chi connectivity index (χ0n) is 12.1. The third-order valence-electron chi connectivity index (χ3n) is 2.99. The van der Waals surface area contributed by atoms with Crippen molar-refractivity contribution >= 4 is 11.3 Å². The Morgan fingerprint density at radius 2 is 1.94 bits per heavy atom. The number of nitrogens with zero attached hydrogens (tertiary/aromatic N) is 1. The largest absolute Gasteiger partial charge is 0.312 e. The van der Waals surface area contributed by atoms with Crippen LogP contribution in [-0.4, -0.2) is 11.5 Å². The Hall–Kier alpha value is -0.410. The second-order valence-electron chi connectivity index (χ2n) is 5.66. The molecule has 98 valence electrons. The lowest BCUT2D eigenvalue weighted by atomic mass is 9.91. The Morgan fingerprint density at radius 1 is 1.29 bits per heavy atom. The third-order valence-corrected chi connectivity index (χ3v) is 4.28. The summed E-state index contributed by atoms with van der Waals surface area (Å²) in [6.45, 7) is 15.4. The number of rotatable bonds is 5. The van der Waals surface area contributed by atoms with Crippen LogP contribution in [0.25, 0.3) is 0 Å². The van der Waals surface area contributed by atoms with Crippen LogP contribution in [0.4, 0.5) is 0 Å². The molecular weight excluding hydrogens is 228 g/mol. The zero-order chi connectivity index (χ0) is 13.1. The maximum atomic E-state index is 4.88. The van der Waals surface area contributed by atoms with Gasteiger partial charge in [0.15, 0.2) is 0 Å². The molecule has 3 heteroatoms. The van der Waals surface area contributed by atoms with Gasteiger partial charge in [-0.05, 0) is 13.0 Å². The van der Waals surface area contributed by atoms with Crippen LogP contribution in [0, 0.1) is 0 Å². The fourth-order valence-electron chi connectivity index (χ4n) is 1.70. The zero-order valence-corrected chi connectivity index (χ0v) is 12.9. The SMILES string of the molecule is CCNCc1sc(C(C)CC)nc1C(C)(C)C. The van der Waals surface area contributed by atoms with E-state index in [-0.39, 0.29) is 5.41 Å². The number of hydrogen-bond donors (Lipinski definition) is 1. The maximum Gasteiger partial charge on any atom is 0.0959 e. The van der Waals surface area contributed by atoms with Crippen molar-refractivity contribution in [1.82, 2.24) is 10.3 Å². The van der Waals surface area contributed by atoms with E-state index >= 15 is 0 Å². The standard InChI is InChI=1S/C14H26N2S/c1-7-10(3)13-16-12(14(4,5)6)11(17-13)9-15-8-2/h10,15H,7-9H2,1-6H3. The Morgan fingerprint density at radius 3 is 2.41 bits per heavy atom. The van der Waals surface area contributed by atoms with Crippen LogP contribution in [0.5, 0.6) is 0 Å². The van der Waals surface area contributed by atoms with Gasteiger partial charge in [-0.15, -0.1) is 11.3 Å². The highest BCUT2D eigenvalue weighted by molar-refractivity contribution is 7.11. The number of thiazole rings is 1. The van der Waals surface area contributed by atoms with Crippen molar-refractivity contribution in [3.05, 3.63) is 15.6 Å². The van der Waals surface area contributed by atoms with Gasteiger partial charge in [0, 0.05) is 22.8 Å². The quantitative estimate of drug-likeness (QED) is 0.857. The molecule has 0 saturated carbocycles. The highest BCUT2D eigenvalue weighted by Gasteiger charge is 2.24. The molecule has 1 atom stereocenters. The summed E-state index contributed by atoms with van der Waals surface area (Å²) in [4.78, 5) is 6.30. The van der Waals surface area contributed by atoms with Crippen molar-refractivity contribution in [3.8, 4) is 0 Å². The van der Waals surface area contributed by atoms with Crippen LogP contribution in [0.15, 0.2) is 0 Å². The predicted octanol–water partition coefficient (Wildman–Crippen LogP) is 4.06. The van der Waals surface area contributed by atoms with Gasteiger partial charge in [-0.2, -0.15) is 0 Å². The summed E-state index contributed by atoms with van der Waals surface area (Å²) in [7, 11) is 0. The lowest BCUT2D eigenvalue weighted by molar-refractivity contribution is 0.556. The van der Waals surface area contributed by atoms with E-state index in [1.165, 1.54) is 15.6 Å². The van der Waals surface area contributed by atoms with Crippen LogP contribution in [0.1, 0.15) is 69.5 Å². The predicted molar refractivity (Wildman–Crippen MR) is 76.9 cm³/mol. The van der Waals surface area contributed by atoms with Crippen LogP contribution < -0.4 is 5.32 Å². The first-order chi connectivity index (χ1) is 7.90. The Kier molecular flexibility index (Phi) is 5.14. The highest BCUT2D eigenvalue weighted by Crippen LogP contribution is 2.33. The van der Waals surface area contributed by atoms with E-state index in [4.69, 9.17) is 4.98 Å². The molecule has 2 nitrogen and oxygen atoms in total. The molecule has 1 aromatic heterocycles. The Labute approximate surface area is 110 Å². The van der Waals surface area contributed by atoms with Crippen molar-refractivity contribution < 1.29 is 0 Å². The third kappa shape index (κ3) is 3.78. The van der Waals surface area contributed by atoms with E-state index in [0.29, 0.717) is 5.92 Å². The molecule has 0 aliphatic carbocycles. The summed E-state index contributed by atoms with van der Waals surface area (Å²) in [6.07, 6.45) is 1.16. The second-order valence-corrected chi connectivity index (χ2v) is 6.78. The van der Waals surface area contributed by atoms with Gasteiger partial charge in [0.2, 0.25) is 0 Å². The van der Waals surface area contributed by atoms with Gasteiger partial charge < -0.3 is 5.32 Å². The first-order valence-corrected chi connectivity index (χ1v) is 7.42. The lowest BCUT2D eigenvalue weighted by Crippen LogP contribution is -2.18. The van der Waals surface area contributed by atoms with E-state index in [1.807, 2.05) is 11.3 Å². The van der Waals surface area contributed by atoms with Gasteiger partial charge in [-0.25, -0.2) is 4.98 Å². The molecular formula is C14H26N2S. The summed E-state index contributed by atoms with van der Waals surface area (Å²) in [5, 5.41) is 4.71. The second kappa shape index (κ2) is 5.96. The molecule has 17 heavy (non-hydrogen) atoms. The molecule has 0 saturated heterocycles. The van der Waals surface area contributed by atoms with Crippen LogP contribution >= 0.6 is 11.3 Å². The smallest absolute Gasteiger partial charge is 0.0959 e. The first kappa shape index (κ1) is 14.7. The molecule has 1 heterocycles. The molecule has 0 fully saturated rings. The Balaban J connectivity index is 3.03. The molecule has 1 rings (SSSR count). The average molecular weight is 254 g/mol. The molecule has 0 aliphatic rings. The van der Waals surface area contributed by atoms with E-state index in [2.05, 4.69) is 46.9 Å². The number of aromatic nitrogens is 1. The normalized spacial score (nSPS) is 14.0. The summed E-state index contributed by atoms with van der Waals surface area (Å²) in [5.74, 6) is 0.580. The van der Waals surface area contributed by atoms with Crippen LogP contribution in [-0.2, 0) is 12.0 Å². The number of nitrogens with one attached hydrogen (secondary N) is 1. The topological polar surface area (TPSA) is 24.9 Å². The minimum atomic E-state index is 0.146. The monoisotopic (exact) mass is 254 g/mol. The van der Waals surface area contributed by atoms with Crippen molar-refractivity contribution in [3.63, 3.8) is 0 Å². The molecule has 0 bridgehead atoms.